The molecule has 0 bridgehead atoms. The number of carbonyl (C=O) groups excluding carboxylic acids is 2. The van der Waals surface area contributed by atoms with Crippen LogP contribution in [-0.2, 0) is 11.2 Å². The van der Waals surface area contributed by atoms with Crippen molar-refractivity contribution in [2.24, 2.45) is 0 Å². The van der Waals surface area contributed by atoms with E-state index in [0.717, 1.165) is 16.2 Å². The van der Waals surface area contributed by atoms with Crippen molar-refractivity contribution in [3.05, 3.63) is 101 Å². The summed E-state index contributed by atoms with van der Waals surface area (Å²) in [7, 11) is 3.91. The Labute approximate surface area is 224 Å². The van der Waals surface area contributed by atoms with Gasteiger partial charge in [0.25, 0.3) is 11.8 Å². The summed E-state index contributed by atoms with van der Waals surface area (Å²) < 4.78 is 0. The average molecular weight is 521 g/mol. The number of rotatable bonds is 5. The van der Waals surface area contributed by atoms with Crippen LogP contribution in [0, 0.1) is 11.8 Å². The highest BCUT2D eigenvalue weighted by atomic mass is 16.4. The minimum Gasteiger partial charge on any atom is -0.504 e. The topological polar surface area (TPSA) is 118 Å². The van der Waals surface area contributed by atoms with Crippen LogP contribution in [-0.4, -0.2) is 58.1 Å². The maximum atomic E-state index is 13.6. The Morgan fingerprint density at radius 3 is 2.21 bits per heavy atom. The van der Waals surface area contributed by atoms with E-state index < -0.39 is 29.6 Å². The van der Waals surface area contributed by atoms with Gasteiger partial charge >= 0.3 is 5.97 Å². The first-order valence-corrected chi connectivity index (χ1v) is 12.1. The number of phenols is 2. The smallest absolute Gasteiger partial charge is 0.327 e. The number of carboxylic acids is 1. The van der Waals surface area contributed by atoms with Crippen molar-refractivity contribution < 1.29 is 29.7 Å². The van der Waals surface area contributed by atoms with E-state index in [4.69, 9.17) is 0 Å². The number of hydrogen-bond donors (Lipinski definition) is 3. The van der Waals surface area contributed by atoms with Gasteiger partial charge in [0, 0.05) is 53.8 Å². The fourth-order valence-corrected chi connectivity index (χ4v) is 4.70. The van der Waals surface area contributed by atoms with Gasteiger partial charge in [-0.05, 0) is 65.5 Å². The lowest BCUT2D eigenvalue weighted by Gasteiger charge is -2.32. The van der Waals surface area contributed by atoms with Crippen LogP contribution in [0.5, 0.6) is 11.5 Å². The van der Waals surface area contributed by atoms with Crippen molar-refractivity contribution >= 4 is 34.2 Å². The molecule has 1 heterocycles. The number of aromatic hydroxyl groups is 2. The summed E-state index contributed by atoms with van der Waals surface area (Å²) in [5.41, 5.74) is 3.25. The molecule has 8 heteroatoms. The zero-order valence-corrected chi connectivity index (χ0v) is 21.2. The molecule has 0 aromatic heterocycles. The average Bonchev–Trinajstić information content (AvgIpc) is 2.92. The second-order valence-electron chi connectivity index (χ2n) is 9.44. The van der Waals surface area contributed by atoms with Crippen LogP contribution >= 0.6 is 0 Å². The molecule has 1 unspecified atom stereocenters. The Balaban J connectivity index is 1.53. The molecule has 0 spiro atoms. The van der Waals surface area contributed by atoms with E-state index in [9.17, 15) is 29.7 Å². The van der Waals surface area contributed by atoms with Gasteiger partial charge in [0.2, 0.25) is 0 Å². The van der Waals surface area contributed by atoms with E-state index in [1.165, 1.54) is 18.2 Å². The Morgan fingerprint density at radius 2 is 1.56 bits per heavy atom. The summed E-state index contributed by atoms with van der Waals surface area (Å²) in [4.78, 5) is 42.1. The molecule has 39 heavy (non-hydrogen) atoms. The predicted octanol–water partition coefficient (Wildman–Crippen LogP) is 4.01. The summed E-state index contributed by atoms with van der Waals surface area (Å²) in [6, 6.07) is 18.4. The quantitative estimate of drug-likeness (QED) is 0.207. The first-order chi connectivity index (χ1) is 18.7. The largest absolute Gasteiger partial charge is 0.504 e. The van der Waals surface area contributed by atoms with E-state index >= 15 is 0 Å². The summed E-state index contributed by atoms with van der Waals surface area (Å²) in [6.07, 6.45) is -0.248. The van der Waals surface area contributed by atoms with Gasteiger partial charge in [-0.2, -0.15) is 0 Å². The normalized spacial score (nSPS) is 13.1. The highest BCUT2D eigenvalue weighted by Crippen LogP contribution is 2.34. The summed E-state index contributed by atoms with van der Waals surface area (Å²) in [5, 5.41) is 30.4. The summed E-state index contributed by atoms with van der Waals surface area (Å²) in [5.74, 6) is 2.66. The van der Waals surface area contributed by atoms with Crippen LogP contribution in [0.3, 0.4) is 0 Å². The Kier molecular flexibility index (Phi) is 6.42. The van der Waals surface area contributed by atoms with Crippen molar-refractivity contribution in [1.29, 1.82) is 0 Å². The highest BCUT2D eigenvalue weighted by molar-refractivity contribution is 6.26. The molecule has 0 radical (unpaired) electrons. The minimum absolute atomic E-state index is 0.209. The Hall–Kier alpha value is -5.29. The highest BCUT2D eigenvalue weighted by Gasteiger charge is 2.41. The molecule has 4 aromatic rings. The first kappa shape index (κ1) is 25.4. The standard InChI is InChI=1S/C31H24N2O6/c1-32(2)21-12-7-18(8-13-21)6-10-20-11-14-24-28-22(20)4-3-5-23(28)29(36)33(30(24)37)25(31(38)39)16-19-9-15-26(34)27(35)17-19/h3-5,7-9,11-15,17,25,34-35H,16H2,1-2H3,(H,38,39). The van der Waals surface area contributed by atoms with Gasteiger partial charge < -0.3 is 20.2 Å². The number of carboxylic acid groups (broad SMARTS) is 1. The van der Waals surface area contributed by atoms with Crippen LogP contribution in [0.1, 0.15) is 37.4 Å². The molecule has 3 N–H and O–H groups in total. The van der Waals surface area contributed by atoms with Crippen molar-refractivity contribution in [2.75, 3.05) is 19.0 Å². The SMILES string of the molecule is CN(C)c1ccc(C#Cc2ccc3c4c(cccc24)C(=O)N(C(Cc2ccc(O)c(O)c2)C(=O)O)C3=O)cc1. The van der Waals surface area contributed by atoms with E-state index in [1.807, 2.05) is 43.3 Å². The monoisotopic (exact) mass is 520 g/mol. The van der Waals surface area contributed by atoms with Gasteiger partial charge in [-0.3, -0.25) is 14.5 Å². The number of carbonyl (C=O) groups is 3. The number of anilines is 1. The molecule has 1 aliphatic rings. The van der Waals surface area contributed by atoms with Crippen molar-refractivity contribution in [1.82, 2.24) is 4.90 Å². The van der Waals surface area contributed by atoms with E-state index in [1.54, 1.807) is 30.3 Å². The Bertz CT molecular complexity index is 1690. The van der Waals surface area contributed by atoms with Crippen LogP contribution < -0.4 is 4.90 Å². The lowest BCUT2D eigenvalue weighted by atomic mass is 9.90. The molecule has 5 rings (SSSR count). The molecule has 4 aromatic carbocycles. The molecule has 194 valence electrons. The third kappa shape index (κ3) is 4.62. The molecule has 0 fully saturated rings. The van der Waals surface area contributed by atoms with Crippen LogP contribution in [0.2, 0.25) is 0 Å². The van der Waals surface area contributed by atoms with Gasteiger partial charge in [-0.1, -0.05) is 30.0 Å². The van der Waals surface area contributed by atoms with Gasteiger partial charge in [0.1, 0.15) is 6.04 Å². The molecule has 1 atom stereocenters. The molecule has 0 saturated heterocycles. The summed E-state index contributed by atoms with van der Waals surface area (Å²) in [6.45, 7) is 0. The van der Waals surface area contributed by atoms with E-state index in [2.05, 4.69) is 11.8 Å². The maximum absolute atomic E-state index is 13.6. The second kappa shape index (κ2) is 9.88. The van der Waals surface area contributed by atoms with Gasteiger partial charge in [0.05, 0.1) is 0 Å². The zero-order valence-electron chi connectivity index (χ0n) is 21.2. The van der Waals surface area contributed by atoms with E-state index in [-0.39, 0.29) is 23.3 Å². The van der Waals surface area contributed by atoms with Crippen molar-refractivity contribution in [3.8, 4) is 23.3 Å². The zero-order chi connectivity index (χ0) is 27.8. The predicted molar refractivity (Wildman–Crippen MR) is 146 cm³/mol. The van der Waals surface area contributed by atoms with Crippen LogP contribution in [0.15, 0.2) is 72.8 Å². The lowest BCUT2D eigenvalue weighted by Crippen LogP contribution is -2.51. The molecule has 0 saturated carbocycles. The summed E-state index contributed by atoms with van der Waals surface area (Å²) >= 11 is 0. The van der Waals surface area contributed by atoms with Gasteiger partial charge in [-0.15, -0.1) is 0 Å². The molecule has 2 amide bonds. The third-order valence-corrected chi connectivity index (χ3v) is 6.73. The molecular weight excluding hydrogens is 496 g/mol. The van der Waals surface area contributed by atoms with Gasteiger partial charge in [-0.25, -0.2) is 4.79 Å². The van der Waals surface area contributed by atoms with Crippen molar-refractivity contribution in [2.45, 2.75) is 12.5 Å². The number of phenolic OH excluding ortho intramolecular Hbond substituents is 2. The fraction of sp³-hybridized carbons (Fsp3) is 0.129. The van der Waals surface area contributed by atoms with Crippen LogP contribution in [0.25, 0.3) is 10.8 Å². The van der Waals surface area contributed by atoms with Crippen LogP contribution in [0.4, 0.5) is 5.69 Å². The van der Waals surface area contributed by atoms with Gasteiger partial charge in [0.15, 0.2) is 11.5 Å². The molecule has 0 aliphatic carbocycles. The number of nitrogens with zero attached hydrogens (tertiary/aromatic N) is 2. The number of benzene rings is 4. The Morgan fingerprint density at radius 1 is 0.872 bits per heavy atom. The number of aliphatic carboxylic acids is 1. The van der Waals surface area contributed by atoms with Crippen molar-refractivity contribution in [3.63, 3.8) is 0 Å². The maximum Gasteiger partial charge on any atom is 0.327 e. The number of imide groups is 1. The molecular formula is C31H24N2O6. The fourth-order valence-electron chi connectivity index (χ4n) is 4.70. The molecule has 8 nitrogen and oxygen atoms in total. The number of amides is 2. The number of hydrogen-bond acceptors (Lipinski definition) is 6. The lowest BCUT2D eigenvalue weighted by molar-refractivity contribution is -0.141. The first-order valence-electron chi connectivity index (χ1n) is 12.1. The minimum atomic E-state index is -1.53. The van der Waals surface area contributed by atoms with E-state index in [0.29, 0.717) is 21.9 Å². The second-order valence-corrected chi connectivity index (χ2v) is 9.44. The molecule has 1 aliphatic heterocycles. The third-order valence-electron chi connectivity index (χ3n) is 6.73.